The van der Waals surface area contributed by atoms with E-state index in [1.54, 1.807) is 0 Å². The Morgan fingerprint density at radius 3 is 2.79 bits per heavy atom. The van der Waals surface area contributed by atoms with Crippen molar-refractivity contribution in [2.75, 3.05) is 6.61 Å². The molecule has 0 atom stereocenters. The number of nitrogens with zero attached hydrogens (tertiary/aromatic N) is 2. The van der Waals surface area contributed by atoms with Crippen LogP contribution in [0.15, 0.2) is 41.0 Å². The summed E-state index contributed by atoms with van der Waals surface area (Å²) in [6, 6.07) is 9.81. The summed E-state index contributed by atoms with van der Waals surface area (Å²) in [4.78, 5) is 11.0. The fourth-order valence-corrected chi connectivity index (χ4v) is 2.13. The van der Waals surface area contributed by atoms with Crippen LogP contribution in [0.1, 0.15) is 16.1 Å². The van der Waals surface area contributed by atoms with Crippen molar-refractivity contribution in [3.63, 3.8) is 0 Å². The molecule has 0 spiro atoms. The Morgan fingerprint density at radius 2 is 2.11 bits per heavy atom. The molecule has 2 aromatic rings. The van der Waals surface area contributed by atoms with Gasteiger partial charge in [0.05, 0.1) is 30.4 Å². The zero-order valence-corrected chi connectivity index (χ0v) is 11.7. The molecule has 0 aliphatic carbocycles. The van der Waals surface area contributed by atoms with E-state index in [4.69, 9.17) is 9.84 Å². The van der Waals surface area contributed by atoms with Crippen molar-refractivity contribution in [2.24, 2.45) is 0 Å². The third kappa shape index (κ3) is 3.65. The Morgan fingerprint density at radius 1 is 1.37 bits per heavy atom. The van der Waals surface area contributed by atoms with Gasteiger partial charge < -0.3 is 9.84 Å². The third-order valence-corrected chi connectivity index (χ3v) is 3.14. The van der Waals surface area contributed by atoms with Crippen molar-refractivity contribution in [3.8, 4) is 0 Å². The Balaban J connectivity index is 1.85. The molecular formula is C13H13BrN2O3. The minimum absolute atomic E-state index is 0.142. The summed E-state index contributed by atoms with van der Waals surface area (Å²) in [6.07, 6.45) is 1.47. The number of hydrogen-bond acceptors (Lipinski definition) is 3. The molecule has 0 radical (unpaired) electrons. The van der Waals surface area contributed by atoms with Crippen molar-refractivity contribution in [3.05, 3.63) is 52.3 Å². The van der Waals surface area contributed by atoms with Crippen LogP contribution in [-0.2, 0) is 17.9 Å². The van der Waals surface area contributed by atoms with Gasteiger partial charge in [0.25, 0.3) is 0 Å². The van der Waals surface area contributed by atoms with Crippen LogP contribution in [0, 0.1) is 0 Å². The monoisotopic (exact) mass is 324 g/mol. The van der Waals surface area contributed by atoms with Gasteiger partial charge in [0, 0.05) is 0 Å². The first-order valence-corrected chi connectivity index (χ1v) is 6.54. The van der Waals surface area contributed by atoms with Gasteiger partial charge in [-0.3, -0.25) is 4.68 Å². The fraction of sp³-hybridized carbons (Fsp3) is 0.231. The molecule has 0 amide bonds. The molecule has 0 aliphatic heterocycles. The van der Waals surface area contributed by atoms with E-state index < -0.39 is 5.97 Å². The van der Waals surface area contributed by atoms with Gasteiger partial charge in [0.2, 0.25) is 0 Å². The highest BCUT2D eigenvalue weighted by Gasteiger charge is 2.15. The molecule has 6 heteroatoms. The zero-order chi connectivity index (χ0) is 13.7. The third-order valence-electron chi connectivity index (χ3n) is 2.56. The molecule has 0 bridgehead atoms. The van der Waals surface area contributed by atoms with E-state index in [0.29, 0.717) is 24.2 Å². The van der Waals surface area contributed by atoms with Gasteiger partial charge in [-0.05, 0) is 21.5 Å². The van der Waals surface area contributed by atoms with Gasteiger partial charge in [-0.1, -0.05) is 30.3 Å². The fourth-order valence-electron chi connectivity index (χ4n) is 1.66. The molecule has 1 aromatic carbocycles. The average molecular weight is 325 g/mol. The topological polar surface area (TPSA) is 64.3 Å². The SMILES string of the molecule is O=C(O)c1c(Br)cnn1CCOCc1ccccc1. The van der Waals surface area contributed by atoms with Crippen molar-refractivity contribution in [1.29, 1.82) is 0 Å². The number of benzene rings is 1. The summed E-state index contributed by atoms with van der Waals surface area (Å²) in [7, 11) is 0. The van der Waals surface area contributed by atoms with Crippen LogP contribution in [-0.4, -0.2) is 27.5 Å². The maximum Gasteiger partial charge on any atom is 0.355 e. The lowest BCUT2D eigenvalue weighted by Crippen LogP contribution is -2.14. The molecule has 19 heavy (non-hydrogen) atoms. The number of halogens is 1. The van der Waals surface area contributed by atoms with E-state index in [-0.39, 0.29) is 5.69 Å². The van der Waals surface area contributed by atoms with Crippen molar-refractivity contribution >= 4 is 21.9 Å². The maximum atomic E-state index is 11.0. The molecule has 0 unspecified atom stereocenters. The Hall–Kier alpha value is -1.66. The van der Waals surface area contributed by atoms with E-state index in [9.17, 15) is 4.79 Å². The van der Waals surface area contributed by atoms with Gasteiger partial charge in [0.15, 0.2) is 5.69 Å². The first-order valence-electron chi connectivity index (χ1n) is 5.75. The summed E-state index contributed by atoms with van der Waals surface area (Å²) in [5.74, 6) is -1.01. The second-order valence-corrected chi connectivity index (χ2v) is 4.76. The number of carboxylic acids is 1. The Labute approximate surface area is 118 Å². The number of carboxylic acid groups (broad SMARTS) is 1. The molecule has 0 saturated heterocycles. The Kier molecular flexibility index (Phi) is 4.70. The van der Waals surface area contributed by atoms with Crippen LogP contribution in [0.25, 0.3) is 0 Å². The lowest BCUT2D eigenvalue weighted by atomic mass is 10.2. The minimum Gasteiger partial charge on any atom is -0.476 e. The predicted octanol–water partition coefficient (Wildman–Crippen LogP) is 2.56. The number of aromatic nitrogens is 2. The number of rotatable bonds is 6. The van der Waals surface area contributed by atoms with Gasteiger partial charge in [0.1, 0.15) is 0 Å². The minimum atomic E-state index is -1.01. The summed E-state index contributed by atoms with van der Waals surface area (Å²) in [5.41, 5.74) is 1.23. The summed E-state index contributed by atoms with van der Waals surface area (Å²) in [6.45, 7) is 1.31. The smallest absolute Gasteiger partial charge is 0.355 e. The van der Waals surface area contributed by atoms with E-state index in [2.05, 4.69) is 21.0 Å². The molecule has 1 aromatic heterocycles. The molecule has 2 rings (SSSR count). The molecule has 5 nitrogen and oxygen atoms in total. The molecule has 0 fully saturated rings. The lowest BCUT2D eigenvalue weighted by molar-refractivity contribution is 0.0673. The van der Waals surface area contributed by atoms with Crippen LogP contribution in [0.5, 0.6) is 0 Å². The predicted molar refractivity (Wildman–Crippen MR) is 73.0 cm³/mol. The maximum absolute atomic E-state index is 11.0. The van der Waals surface area contributed by atoms with Crippen molar-refractivity contribution in [2.45, 2.75) is 13.2 Å². The van der Waals surface area contributed by atoms with Gasteiger partial charge in [-0.15, -0.1) is 0 Å². The first-order chi connectivity index (χ1) is 9.18. The first kappa shape index (κ1) is 13.8. The van der Waals surface area contributed by atoms with Crippen LogP contribution < -0.4 is 0 Å². The molecule has 1 heterocycles. The van der Waals surface area contributed by atoms with E-state index in [0.717, 1.165) is 5.56 Å². The highest BCUT2D eigenvalue weighted by molar-refractivity contribution is 9.10. The number of aromatic carboxylic acids is 1. The standard InChI is InChI=1S/C13H13BrN2O3/c14-11-8-15-16(12(11)13(17)18)6-7-19-9-10-4-2-1-3-5-10/h1-5,8H,6-7,9H2,(H,17,18). The van der Waals surface area contributed by atoms with Crippen LogP contribution in [0.3, 0.4) is 0 Å². The van der Waals surface area contributed by atoms with E-state index >= 15 is 0 Å². The molecule has 0 aliphatic rings. The van der Waals surface area contributed by atoms with Crippen molar-refractivity contribution in [1.82, 2.24) is 9.78 Å². The second-order valence-electron chi connectivity index (χ2n) is 3.91. The normalized spacial score (nSPS) is 10.6. The quantitative estimate of drug-likeness (QED) is 0.829. The lowest BCUT2D eigenvalue weighted by Gasteiger charge is -2.06. The number of carbonyl (C=O) groups is 1. The van der Waals surface area contributed by atoms with Gasteiger partial charge in [-0.25, -0.2) is 4.79 Å². The van der Waals surface area contributed by atoms with E-state index in [1.165, 1.54) is 10.9 Å². The molecule has 0 saturated carbocycles. The summed E-state index contributed by atoms with van der Waals surface area (Å²) < 4.78 is 7.39. The van der Waals surface area contributed by atoms with Gasteiger partial charge in [-0.2, -0.15) is 5.10 Å². The largest absolute Gasteiger partial charge is 0.476 e. The van der Waals surface area contributed by atoms with Crippen LogP contribution in [0.4, 0.5) is 0 Å². The summed E-state index contributed by atoms with van der Waals surface area (Å²) in [5, 5.41) is 13.0. The van der Waals surface area contributed by atoms with Crippen LogP contribution >= 0.6 is 15.9 Å². The average Bonchev–Trinajstić information content (AvgIpc) is 2.77. The zero-order valence-electron chi connectivity index (χ0n) is 10.1. The van der Waals surface area contributed by atoms with Crippen LogP contribution in [0.2, 0.25) is 0 Å². The number of ether oxygens (including phenoxy) is 1. The molecule has 1 N–H and O–H groups in total. The Bertz CT molecular complexity index is 554. The summed E-state index contributed by atoms with van der Waals surface area (Å²) >= 11 is 3.16. The highest BCUT2D eigenvalue weighted by atomic mass is 79.9. The van der Waals surface area contributed by atoms with Gasteiger partial charge >= 0.3 is 5.97 Å². The van der Waals surface area contributed by atoms with E-state index in [1.807, 2.05) is 30.3 Å². The second kappa shape index (κ2) is 6.49. The molecular weight excluding hydrogens is 312 g/mol. The highest BCUT2D eigenvalue weighted by Crippen LogP contribution is 2.15. The number of hydrogen-bond donors (Lipinski definition) is 1. The van der Waals surface area contributed by atoms with Crippen molar-refractivity contribution < 1.29 is 14.6 Å². The molecule has 100 valence electrons.